The number of hydrogen-bond acceptors (Lipinski definition) is 5. The average molecular weight is 393 g/mol. The molecule has 29 heavy (non-hydrogen) atoms. The second kappa shape index (κ2) is 9.87. The number of carbonyl (C=O) groups excluding carboxylic acids is 1. The number of ether oxygens (including phenoxy) is 2. The summed E-state index contributed by atoms with van der Waals surface area (Å²) in [6.45, 7) is 6.97. The van der Waals surface area contributed by atoms with E-state index in [1.807, 2.05) is 36.5 Å². The van der Waals surface area contributed by atoms with E-state index in [9.17, 15) is 4.79 Å². The highest BCUT2D eigenvalue weighted by atomic mass is 16.6. The molecule has 0 aliphatic rings. The number of hydrogen-bond donors (Lipinski definition) is 0. The summed E-state index contributed by atoms with van der Waals surface area (Å²) in [6.07, 6.45) is 2.85. The highest BCUT2D eigenvalue weighted by Crippen LogP contribution is 2.30. The molecule has 0 bridgehead atoms. The van der Waals surface area contributed by atoms with Gasteiger partial charge in [-0.15, -0.1) is 5.10 Å². The Kier molecular flexibility index (Phi) is 7.00. The lowest BCUT2D eigenvalue weighted by Gasteiger charge is -2.12. The van der Waals surface area contributed by atoms with Crippen molar-refractivity contribution in [1.82, 2.24) is 15.0 Å². The van der Waals surface area contributed by atoms with Gasteiger partial charge in [0.2, 0.25) is 0 Å². The standard InChI is InChI=1S/C23H27N3O3/c1-4-28-23(27)16-29-22-11-10-19(12-17(2)3)13-20(22)21-15-26(25-24-21)14-18-8-6-5-7-9-18/h5-11,13,15,17H,4,12,14,16H2,1-3H3. The van der Waals surface area contributed by atoms with E-state index in [4.69, 9.17) is 9.47 Å². The molecule has 0 spiro atoms. The van der Waals surface area contributed by atoms with E-state index in [2.05, 4.69) is 42.4 Å². The zero-order chi connectivity index (χ0) is 20.6. The first-order chi connectivity index (χ1) is 14.0. The molecule has 2 aromatic carbocycles. The van der Waals surface area contributed by atoms with Crippen molar-refractivity contribution < 1.29 is 14.3 Å². The predicted molar refractivity (Wildman–Crippen MR) is 112 cm³/mol. The van der Waals surface area contributed by atoms with Crippen LogP contribution in [0.4, 0.5) is 0 Å². The Hall–Kier alpha value is -3.15. The summed E-state index contributed by atoms with van der Waals surface area (Å²) in [5, 5.41) is 8.61. The van der Waals surface area contributed by atoms with Crippen molar-refractivity contribution in [2.75, 3.05) is 13.2 Å². The van der Waals surface area contributed by atoms with Crippen molar-refractivity contribution in [2.45, 2.75) is 33.7 Å². The van der Waals surface area contributed by atoms with Crippen molar-refractivity contribution in [3.63, 3.8) is 0 Å². The molecule has 0 saturated carbocycles. The fourth-order valence-electron chi connectivity index (χ4n) is 3.11. The lowest BCUT2D eigenvalue weighted by atomic mass is 9.99. The van der Waals surface area contributed by atoms with E-state index in [0.29, 0.717) is 30.5 Å². The summed E-state index contributed by atoms with van der Waals surface area (Å²) in [6, 6.07) is 16.1. The Morgan fingerprint density at radius 3 is 2.62 bits per heavy atom. The van der Waals surface area contributed by atoms with Gasteiger partial charge in [0.1, 0.15) is 11.4 Å². The van der Waals surface area contributed by atoms with Crippen LogP contribution in [0.15, 0.2) is 54.7 Å². The van der Waals surface area contributed by atoms with Gasteiger partial charge in [-0.3, -0.25) is 0 Å². The molecule has 0 amide bonds. The van der Waals surface area contributed by atoms with Crippen LogP contribution in [0.5, 0.6) is 5.75 Å². The Labute approximate surface area is 171 Å². The van der Waals surface area contributed by atoms with E-state index < -0.39 is 5.97 Å². The van der Waals surface area contributed by atoms with Gasteiger partial charge in [0.05, 0.1) is 19.3 Å². The number of nitrogens with zero attached hydrogens (tertiary/aromatic N) is 3. The van der Waals surface area contributed by atoms with E-state index in [1.54, 1.807) is 11.6 Å². The van der Waals surface area contributed by atoms with E-state index in [0.717, 1.165) is 17.5 Å². The van der Waals surface area contributed by atoms with Crippen LogP contribution in [0, 0.1) is 5.92 Å². The summed E-state index contributed by atoms with van der Waals surface area (Å²) in [5.41, 5.74) is 3.88. The zero-order valence-corrected chi connectivity index (χ0v) is 17.2. The number of esters is 1. The highest BCUT2D eigenvalue weighted by molar-refractivity contribution is 5.72. The van der Waals surface area contributed by atoms with Crippen LogP contribution in [0.25, 0.3) is 11.3 Å². The van der Waals surface area contributed by atoms with Crippen molar-refractivity contribution in [3.05, 3.63) is 65.9 Å². The minimum absolute atomic E-state index is 0.136. The Balaban J connectivity index is 1.85. The number of rotatable bonds is 9. The molecule has 0 radical (unpaired) electrons. The molecule has 6 nitrogen and oxygen atoms in total. The van der Waals surface area contributed by atoms with Crippen LogP contribution in [-0.4, -0.2) is 34.2 Å². The van der Waals surface area contributed by atoms with Crippen molar-refractivity contribution >= 4 is 5.97 Å². The number of aromatic nitrogens is 3. The minimum Gasteiger partial charge on any atom is -0.481 e. The molecule has 152 valence electrons. The largest absolute Gasteiger partial charge is 0.481 e. The normalized spacial score (nSPS) is 10.9. The zero-order valence-electron chi connectivity index (χ0n) is 17.2. The SMILES string of the molecule is CCOC(=O)COc1ccc(CC(C)C)cc1-c1cn(Cc2ccccc2)nn1. The summed E-state index contributed by atoms with van der Waals surface area (Å²) in [5.74, 6) is 0.734. The summed E-state index contributed by atoms with van der Waals surface area (Å²) >= 11 is 0. The summed E-state index contributed by atoms with van der Waals surface area (Å²) in [7, 11) is 0. The van der Waals surface area contributed by atoms with E-state index >= 15 is 0 Å². The van der Waals surface area contributed by atoms with Crippen molar-refractivity contribution in [1.29, 1.82) is 0 Å². The van der Waals surface area contributed by atoms with Crippen LogP contribution in [0.2, 0.25) is 0 Å². The maximum atomic E-state index is 11.7. The lowest BCUT2D eigenvalue weighted by molar-refractivity contribution is -0.145. The molecule has 1 aromatic heterocycles. The predicted octanol–water partition coefficient (Wildman–Crippen LogP) is 4.13. The quantitative estimate of drug-likeness (QED) is 0.511. The molecule has 0 fully saturated rings. The van der Waals surface area contributed by atoms with Gasteiger partial charge in [0, 0.05) is 5.56 Å². The number of benzene rings is 2. The minimum atomic E-state index is -0.391. The maximum Gasteiger partial charge on any atom is 0.344 e. The first kappa shape index (κ1) is 20.6. The smallest absolute Gasteiger partial charge is 0.344 e. The average Bonchev–Trinajstić information content (AvgIpc) is 3.16. The molecule has 0 atom stereocenters. The van der Waals surface area contributed by atoms with Crippen LogP contribution < -0.4 is 4.74 Å². The van der Waals surface area contributed by atoms with Gasteiger partial charge in [0.25, 0.3) is 0 Å². The third kappa shape index (κ3) is 5.91. The molecular weight excluding hydrogens is 366 g/mol. The van der Waals surface area contributed by atoms with E-state index in [1.165, 1.54) is 5.56 Å². The Morgan fingerprint density at radius 1 is 1.10 bits per heavy atom. The summed E-state index contributed by atoms with van der Waals surface area (Å²) in [4.78, 5) is 11.7. The molecule has 1 heterocycles. The lowest BCUT2D eigenvalue weighted by Crippen LogP contribution is -2.15. The van der Waals surface area contributed by atoms with Gasteiger partial charge < -0.3 is 9.47 Å². The van der Waals surface area contributed by atoms with Gasteiger partial charge in [-0.1, -0.05) is 55.5 Å². The first-order valence-electron chi connectivity index (χ1n) is 9.91. The van der Waals surface area contributed by atoms with Gasteiger partial charge >= 0.3 is 5.97 Å². The monoisotopic (exact) mass is 393 g/mol. The molecule has 0 unspecified atom stereocenters. The number of carbonyl (C=O) groups is 1. The summed E-state index contributed by atoms with van der Waals surface area (Å²) < 4.78 is 12.5. The van der Waals surface area contributed by atoms with E-state index in [-0.39, 0.29) is 6.61 Å². The molecule has 3 rings (SSSR count). The van der Waals surface area contributed by atoms with Crippen molar-refractivity contribution in [3.8, 4) is 17.0 Å². The molecule has 0 saturated heterocycles. The second-order valence-corrected chi connectivity index (χ2v) is 7.31. The van der Waals surface area contributed by atoms with Gasteiger partial charge in [0.15, 0.2) is 6.61 Å². The van der Waals surface area contributed by atoms with Crippen LogP contribution in [0.3, 0.4) is 0 Å². The molecular formula is C23H27N3O3. The van der Waals surface area contributed by atoms with Gasteiger partial charge in [-0.2, -0.15) is 0 Å². The topological polar surface area (TPSA) is 66.2 Å². The fourth-order valence-corrected chi connectivity index (χ4v) is 3.11. The maximum absolute atomic E-state index is 11.7. The molecule has 0 aliphatic heterocycles. The fraction of sp³-hybridized carbons (Fsp3) is 0.348. The third-order valence-corrected chi connectivity index (χ3v) is 4.34. The third-order valence-electron chi connectivity index (χ3n) is 4.34. The Bertz CT molecular complexity index is 936. The van der Waals surface area contributed by atoms with Crippen LogP contribution in [-0.2, 0) is 22.5 Å². The van der Waals surface area contributed by atoms with Crippen LogP contribution >= 0.6 is 0 Å². The Morgan fingerprint density at radius 2 is 1.90 bits per heavy atom. The van der Waals surface area contributed by atoms with Crippen LogP contribution in [0.1, 0.15) is 31.9 Å². The highest BCUT2D eigenvalue weighted by Gasteiger charge is 2.14. The second-order valence-electron chi connectivity index (χ2n) is 7.31. The molecule has 0 N–H and O–H groups in total. The molecule has 0 aliphatic carbocycles. The first-order valence-corrected chi connectivity index (χ1v) is 9.91. The van der Waals surface area contributed by atoms with Crippen molar-refractivity contribution in [2.24, 2.45) is 5.92 Å². The van der Waals surface area contributed by atoms with Gasteiger partial charge in [-0.25, -0.2) is 9.48 Å². The molecule has 3 aromatic rings. The molecule has 6 heteroatoms. The van der Waals surface area contributed by atoms with Gasteiger partial charge in [-0.05, 0) is 42.5 Å².